The van der Waals surface area contributed by atoms with E-state index in [2.05, 4.69) is 20.3 Å². The molecular formula is C17H17FN6O2. The van der Waals surface area contributed by atoms with E-state index in [-0.39, 0.29) is 29.9 Å². The zero-order valence-electron chi connectivity index (χ0n) is 14.0. The number of carbonyl (C=O) groups excluding carboxylic acids is 1. The first-order valence-electron chi connectivity index (χ1n) is 8.42. The highest BCUT2D eigenvalue weighted by Gasteiger charge is 2.32. The summed E-state index contributed by atoms with van der Waals surface area (Å²) in [6.07, 6.45) is 5.48. The Kier molecular flexibility index (Phi) is 4.42. The second-order valence-corrected chi connectivity index (χ2v) is 6.12. The van der Waals surface area contributed by atoms with E-state index in [4.69, 9.17) is 4.42 Å². The molecule has 1 saturated heterocycles. The van der Waals surface area contributed by atoms with Crippen LogP contribution in [-0.2, 0) is 11.3 Å². The molecule has 134 valence electrons. The summed E-state index contributed by atoms with van der Waals surface area (Å²) in [5, 5.41) is 12.0. The number of carbonyl (C=O) groups is 1. The molecule has 0 saturated carbocycles. The van der Waals surface area contributed by atoms with Crippen LogP contribution < -0.4 is 0 Å². The van der Waals surface area contributed by atoms with Gasteiger partial charge in [0.15, 0.2) is 0 Å². The number of rotatable bonds is 4. The van der Waals surface area contributed by atoms with E-state index in [1.165, 1.54) is 23.4 Å². The molecule has 1 amide bonds. The van der Waals surface area contributed by atoms with Crippen LogP contribution in [0.3, 0.4) is 0 Å². The van der Waals surface area contributed by atoms with Crippen LogP contribution in [0.4, 0.5) is 4.39 Å². The molecule has 1 aromatic carbocycles. The van der Waals surface area contributed by atoms with Crippen LogP contribution >= 0.6 is 0 Å². The summed E-state index contributed by atoms with van der Waals surface area (Å²) >= 11 is 0. The minimum absolute atomic E-state index is 0.0918. The van der Waals surface area contributed by atoms with E-state index in [1.54, 1.807) is 23.1 Å². The molecule has 1 atom stereocenters. The third-order valence-electron chi connectivity index (χ3n) is 4.42. The van der Waals surface area contributed by atoms with Crippen molar-refractivity contribution in [3.63, 3.8) is 0 Å². The van der Waals surface area contributed by atoms with Gasteiger partial charge in [-0.3, -0.25) is 4.79 Å². The predicted octanol–water partition coefficient (Wildman–Crippen LogP) is 2.22. The Hall–Kier alpha value is -3.10. The Morgan fingerprint density at radius 3 is 2.96 bits per heavy atom. The van der Waals surface area contributed by atoms with Crippen molar-refractivity contribution in [2.75, 3.05) is 6.54 Å². The maximum Gasteiger partial charge on any atom is 0.250 e. The van der Waals surface area contributed by atoms with Crippen molar-refractivity contribution >= 4 is 5.91 Å². The summed E-state index contributed by atoms with van der Waals surface area (Å²) in [4.78, 5) is 18.2. The van der Waals surface area contributed by atoms with Gasteiger partial charge in [0.2, 0.25) is 11.8 Å². The van der Waals surface area contributed by atoms with Crippen molar-refractivity contribution in [3.05, 3.63) is 48.6 Å². The number of hydrogen-bond donors (Lipinski definition) is 0. The average Bonchev–Trinajstić information content (AvgIpc) is 3.34. The van der Waals surface area contributed by atoms with Crippen LogP contribution in [0, 0.1) is 5.82 Å². The summed E-state index contributed by atoms with van der Waals surface area (Å²) in [7, 11) is 0. The van der Waals surface area contributed by atoms with Crippen molar-refractivity contribution in [2.45, 2.75) is 31.8 Å². The number of nitrogens with zero attached hydrogens (tertiary/aromatic N) is 6. The first-order valence-corrected chi connectivity index (χ1v) is 8.42. The largest absolute Gasteiger partial charge is 0.418 e. The number of aromatic nitrogens is 5. The molecule has 0 radical (unpaired) electrons. The lowest BCUT2D eigenvalue weighted by molar-refractivity contribution is -0.136. The number of benzene rings is 1. The van der Waals surface area contributed by atoms with Crippen LogP contribution in [0.2, 0.25) is 0 Å². The Labute approximate surface area is 148 Å². The normalized spacial score (nSPS) is 17.4. The molecule has 4 rings (SSSR count). The third kappa shape index (κ3) is 3.19. The molecule has 2 aromatic heterocycles. The van der Waals surface area contributed by atoms with Crippen molar-refractivity contribution in [2.24, 2.45) is 0 Å². The van der Waals surface area contributed by atoms with E-state index in [9.17, 15) is 9.18 Å². The highest BCUT2D eigenvalue weighted by molar-refractivity contribution is 5.76. The molecule has 0 aliphatic carbocycles. The molecule has 1 fully saturated rings. The summed E-state index contributed by atoms with van der Waals surface area (Å²) in [6.45, 7) is 0.709. The van der Waals surface area contributed by atoms with Gasteiger partial charge in [0.05, 0.1) is 5.56 Å². The number of amides is 1. The quantitative estimate of drug-likeness (QED) is 0.712. The fourth-order valence-electron chi connectivity index (χ4n) is 3.14. The van der Waals surface area contributed by atoms with Crippen LogP contribution in [0.5, 0.6) is 0 Å². The molecule has 0 unspecified atom stereocenters. The van der Waals surface area contributed by atoms with Gasteiger partial charge in [0.25, 0.3) is 5.89 Å². The number of likely N-dealkylation sites (tertiary alicyclic amines) is 1. The van der Waals surface area contributed by atoms with Crippen molar-refractivity contribution in [3.8, 4) is 11.5 Å². The van der Waals surface area contributed by atoms with Crippen molar-refractivity contribution in [1.29, 1.82) is 0 Å². The lowest BCUT2D eigenvalue weighted by Crippen LogP contribution is -2.40. The zero-order chi connectivity index (χ0) is 17.9. The Morgan fingerprint density at radius 1 is 1.27 bits per heavy atom. The standard InChI is InChI=1S/C17H17FN6O2/c18-13-6-2-1-5-12(13)16-21-22-17(26-16)14-7-3-4-8-24(14)15(25)9-23-11-19-10-20-23/h1-2,5-6,10-11,14H,3-4,7-9H2/t14-/m0/s1. The molecule has 8 nitrogen and oxygen atoms in total. The van der Waals surface area contributed by atoms with E-state index in [0.717, 1.165) is 19.3 Å². The molecule has 0 bridgehead atoms. The fraction of sp³-hybridized carbons (Fsp3) is 0.353. The van der Waals surface area contributed by atoms with Gasteiger partial charge >= 0.3 is 0 Å². The summed E-state index contributed by atoms with van der Waals surface area (Å²) < 4.78 is 21.1. The topological polar surface area (TPSA) is 89.9 Å². The van der Waals surface area contributed by atoms with Gasteiger partial charge in [-0.25, -0.2) is 14.1 Å². The van der Waals surface area contributed by atoms with Crippen LogP contribution in [0.1, 0.15) is 31.2 Å². The van der Waals surface area contributed by atoms with E-state index in [1.807, 2.05) is 0 Å². The van der Waals surface area contributed by atoms with Crippen LogP contribution in [-0.4, -0.2) is 42.3 Å². The first-order chi connectivity index (χ1) is 12.7. The third-order valence-corrected chi connectivity index (χ3v) is 4.42. The summed E-state index contributed by atoms with van der Waals surface area (Å²) in [6, 6.07) is 5.92. The second kappa shape index (κ2) is 7.03. The lowest BCUT2D eigenvalue weighted by Gasteiger charge is -2.33. The summed E-state index contributed by atoms with van der Waals surface area (Å²) in [5.41, 5.74) is 0.252. The van der Waals surface area contributed by atoms with Gasteiger partial charge in [-0.2, -0.15) is 5.10 Å². The van der Waals surface area contributed by atoms with Gasteiger partial charge < -0.3 is 9.32 Å². The molecule has 9 heteroatoms. The molecule has 3 aromatic rings. The number of hydrogen-bond acceptors (Lipinski definition) is 6. The maximum atomic E-state index is 13.9. The molecule has 3 heterocycles. The average molecular weight is 356 g/mol. The van der Waals surface area contributed by atoms with E-state index >= 15 is 0 Å². The van der Waals surface area contributed by atoms with Crippen molar-refractivity contribution < 1.29 is 13.6 Å². The first kappa shape index (κ1) is 16.4. The molecule has 0 N–H and O–H groups in total. The minimum Gasteiger partial charge on any atom is -0.418 e. The zero-order valence-corrected chi connectivity index (χ0v) is 14.0. The highest BCUT2D eigenvalue weighted by atomic mass is 19.1. The van der Waals surface area contributed by atoms with Gasteiger partial charge in [-0.15, -0.1) is 10.2 Å². The Morgan fingerprint density at radius 2 is 2.15 bits per heavy atom. The van der Waals surface area contributed by atoms with Crippen molar-refractivity contribution in [1.82, 2.24) is 29.9 Å². The SMILES string of the molecule is O=C(Cn1cncn1)N1CCCC[C@H]1c1nnc(-c2ccccc2F)o1. The van der Waals surface area contributed by atoms with Gasteiger partial charge in [-0.1, -0.05) is 12.1 Å². The number of piperidine rings is 1. The molecule has 1 aliphatic heterocycles. The predicted molar refractivity (Wildman–Crippen MR) is 88.0 cm³/mol. The minimum atomic E-state index is -0.426. The summed E-state index contributed by atoms with van der Waals surface area (Å²) in [5.74, 6) is -0.0708. The lowest BCUT2D eigenvalue weighted by atomic mass is 10.0. The molecular weight excluding hydrogens is 339 g/mol. The van der Waals surface area contributed by atoms with Crippen LogP contribution in [0.15, 0.2) is 41.3 Å². The maximum absolute atomic E-state index is 13.9. The second-order valence-electron chi connectivity index (χ2n) is 6.12. The smallest absolute Gasteiger partial charge is 0.250 e. The van der Waals surface area contributed by atoms with E-state index < -0.39 is 5.82 Å². The van der Waals surface area contributed by atoms with Gasteiger partial charge in [0.1, 0.15) is 31.1 Å². The highest BCUT2D eigenvalue weighted by Crippen LogP contribution is 2.32. The monoisotopic (exact) mass is 356 g/mol. The number of halogens is 1. The van der Waals surface area contributed by atoms with Crippen LogP contribution in [0.25, 0.3) is 11.5 Å². The molecule has 1 aliphatic rings. The Bertz CT molecular complexity index is 894. The van der Waals surface area contributed by atoms with E-state index in [0.29, 0.717) is 12.4 Å². The van der Waals surface area contributed by atoms with Gasteiger partial charge in [0, 0.05) is 6.54 Å². The van der Waals surface area contributed by atoms with Gasteiger partial charge in [-0.05, 0) is 31.4 Å². The molecule has 0 spiro atoms. The Balaban J connectivity index is 1.57. The molecule has 26 heavy (non-hydrogen) atoms. The fourth-order valence-corrected chi connectivity index (χ4v) is 3.14.